The van der Waals surface area contributed by atoms with Gasteiger partial charge in [0.1, 0.15) is 5.75 Å². The summed E-state index contributed by atoms with van der Waals surface area (Å²) in [5.41, 5.74) is 1.58. The zero-order chi connectivity index (χ0) is 19.1. The van der Waals surface area contributed by atoms with E-state index in [1.807, 2.05) is 54.6 Å². The zero-order valence-electron chi connectivity index (χ0n) is 15.0. The number of nitrogens with zero attached hydrogens (tertiary/aromatic N) is 3. The van der Waals surface area contributed by atoms with Gasteiger partial charge in [0.25, 0.3) is 0 Å². The molecule has 0 aliphatic rings. The van der Waals surface area contributed by atoms with Crippen LogP contribution >= 0.6 is 11.8 Å². The molecule has 2 aromatic carbocycles. The second-order valence-electron chi connectivity index (χ2n) is 5.76. The van der Waals surface area contributed by atoms with Crippen molar-refractivity contribution < 1.29 is 9.53 Å². The van der Waals surface area contributed by atoms with E-state index in [2.05, 4.69) is 11.1 Å². The van der Waals surface area contributed by atoms with Crippen molar-refractivity contribution >= 4 is 34.3 Å². The molecular weight excluding hydrogens is 358 g/mol. The number of hydrogen-bond donors (Lipinski definition) is 0. The highest BCUT2D eigenvalue weighted by molar-refractivity contribution is 7.99. The number of pyridine rings is 1. The fraction of sp³-hybridized carbons (Fsp3) is 0.190. The van der Waals surface area contributed by atoms with Crippen LogP contribution in [0.5, 0.6) is 5.75 Å². The first-order valence-corrected chi connectivity index (χ1v) is 9.50. The molecule has 27 heavy (non-hydrogen) atoms. The Balaban J connectivity index is 1.76. The van der Waals surface area contributed by atoms with Crippen molar-refractivity contribution in [2.45, 2.75) is 11.4 Å². The Bertz CT molecular complexity index is 984. The molecule has 5 nitrogen and oxygen atoms in total. The fourth-order valence-corrected chi connectivity index (χ4v) is 3.49. The highest BCUT2D eigenvalue weighted by Crippen LogP contribution is 2.29. The van der Waals surface area contributed by atoms with Gasteiger partial charge in [0.15, 0.2) is 0 Å². The highest BCUT2D eigenvalue weighted by atomic mass is 32.2. The van der Waals surface area contributed by atoms with E-state index in [1.54, 1.807) is 18.1 Å². The molecule has 0 aliphatic heterocycles. The average Bonchev–Trinajstić information content (AvgIpc) is 2.72. The molecule has 1 heterocycles. The summed E-state index contributed by atoms with van der Waals surface area (Å²) < 4.78 is 5.37. The number of anilines is 1. The number of fused-ring (bicyclic) bond motifs is 1. The second kappa shape index (κ2) is 9.06. The molecule has 0 spiro atoms. The first kappa shape index (κ1) is 18.7. The van der Waals surface area contributed by atoms with Crippen LogP contribution < -0.4 is 9.64 Å². The van der Waals surface area contributed by atoms with E-state index >= 15 is 0 Å². The van der Waals surface area contributed by atoms with E-state index in [4.69, 9.17) is 10.00 Å². The third kappa shape index (κ3) is 4.57. The Labute approximate surface area is 162 Å². The van der Waals surface area contributed by atoms with Crippen molar-refractivity contribution in [1.82, 2.24) is 4.98 Å². The summed E-state index contributed by atoms with van der Waals surface area (Å²) in [4.78, 5) is 19.1. The summed E-state index contributed by atoms with van der Waals surface area (Å²) in [6.07, 6.45) is 0.253. The maximum absolute atomic E-state index is 12.9. The number of carbonyl (C=O) groups excluding carboxylic acids is 1. The molecule has 0 aliphatic carbocycles. The van der Waals surface area contributed by atoms with Gasteiger partial charge in [-0.25, -0.2) is 4.98 Å². The summed E-state index contributed by atoms with van der Waals surface area (Å²) in [7, 11) is 1.57. The molecule has 0 atom stereocenters. The van der Waals surface area contributed by atoms with Gasteiger partial charge in [-0.2, -0.15) is 5.26 Å². The van der Waals surface area contributed by atoms with Gasteiger partial charge in [0, 0.05) is 11.9 Å². The molecule has 0 bridgehead atoms. The molecule has 0 unspecified atom stereocenters. The van der Waals surface area contributed by atoms with Crippen molar-refractivity contribution in [3.05, 3.63) is 60.7 Å². The van der Waals surface area contributed by atoms with Gasteiger partial charge in [0.2, 0.25) is 5.91 Å². The lowest BCUT2D eigenvalue weighted by Crippen LogP contribution is -2.33. The van der Waals surface area contributed by atoms with Gasteiger partial charge in [0.05, 0.1) is 41.6 Å². The summed E-state index contributed by atoms with van der Waals surface area (Å²) in [6.45, 7) is 0.321. The van der Waals surface area contributed by atoms with Gasteiger partial charge in [-0.15, -0.1) is 0 Å². The Morgan fingerprint density at radius 1 is 1.15 bits per heavy atom. The van der Waals surface area contributed by atoms with Crippen LogP contribution in [-0.2, 0) is 4.79 Å². The van der Waals surface area contributed by atoms with Crippen LogP contribution in [-0.4, -0.2) is 30.3 Å². The number of para-hydroxylation sites is 3. The Hall–Kier alpha value is -3.04. The van der Waals surface area contributed by atoms with E-state index in [1.165, 1.54) is 11.8 Å². The number of nitriles is 1. The van der Waals surface area contributed by atoms with Crippen molar-refractivity contribution in [2.75, 3.05) is 24.3 Å². The van der Waals surface area contributed by atoms with E-state index < -0.39 is 0 Å². The van der Waals surface area contributed by atoms with E-state index in [0.29, 0.717) is 18.0 Å². The molecule has 1 amide bonds. The number of thioether (sulfide) groups is 1. The predicted octanol–water partition coefficient (Wildman–Crippen LogP) is 4.28. The molecule has 1 aromatic heterocycles. The molecule has 0 fully saturated rings. The number of ether oxygens (including phenoxy) is 1. The van der Waals surface area contributed by atoms with Crippen LogP contribution in [0.2, 0.25) is 0 Å². The molecule has 0 N–H and O–H groups in total. The first-order valence-electron chi connectivity index (χ1n) is 8.52. The molecular formula is C21H19N3O2S. The van der Waals surface area contributed by atoms with Crippen molar-refractivity contribution in [3.8, 4) is 11.8 Å². The quantitative estimate of drug-likeness (QED) is 0.575. The molecule has 3 rings (SSSR count). The number of amides is 1. The monoisotopic (exact) mass is 377 g/mol. The smallest absolute Gasteiger partial charge is 0.237 e. The molecule has 0 saturated carbocycles. The van der Waals surface area contributed by atoms with Crippen LogP contribution in [0.4, 0.5) is 5.69 Å². The second-order valence-corrected chi connectivity index (χ2v) is 6.75. The third-order valence-electron chi connectivity index (χ3n) is 4.04. The lowest BCUT2D eigenvalue weighted by atomic mass is 10.2. The number of carbonyl (C=O) groups is 1. The Morgan fingerprint density at radius 2 is 1.93 bits per heavy atom. The van der Waals surface area contributed by atoms with Gasteiger partial charge >= 0.3 is 0 Å². The van der Waals surface area contributed by atoms with Crippen LogP contribution in [0, 0.1) is 11.3 Å². The van der Waals surface area contributed by atoms with Crippen LogP contribution in [0.25, 0.3) is 10.9 Å². The molecule has 3 aromatic rings. The SMILES string of the molecule is COc1ccccc1N(CCC#N)C(=O)CSc1ccc2ccccc2n1. The fourth-order valence-electron chi connectivity index (χ4n) is 2.74. The molecule has 0 saturated heterocycles. The minimum absolute atomic E-state index is 0.0882. The number of methoxy groups -OCH3 is 1. The predicted molar refractivity (Wildman–Crippen MR) is 108 cm³/mol. The van der Waals surface area contributed by atoms with Crippen LogP contribution in [0.15, 0.2) is 65.7 Å². The van der Waals surface area contributed by atoms with E-state index in [-0.39, 0.29) is 18.1 Å². The molecule has 136 valence electrons. The summed E-state index contributed by atoms with van der Waals surface area (Å²) >= 11 is 1.39. The lowest BCUT2D eigenvalue weighted by molar-refractivity contribution is -0.116. The average molecular weight is 377 g/mol. The van der Waals surface area contributed by atoms with Crippen LogP contribution in [0.3, 0.4) is 0 Å². The third-order valence-corrected chi connectivity index (χ3v) is 4.96. The summed E-state index contributed by atoms with van der Waals surface area (Å²) in [6, 6.07) is 21.2. The number of benzene rings is 2. The highest BCUT2D eigenvalue weighted by Gasteiger charge is 2.19. The van der Waals surface area contributed by atoms with Gasteiger partial charge in [-0.3, -0.25) is 4.79 Å². The molecule has 6 heteroatoms. The van der Waals surface area contributed by atoms with Crippen molar-refractivity contribution in [3.63, 3.8) is 0 Å². The topological polar surface area (TPSA) is 66.2 Å². The standard InChI is InChI=1S/C21H19N3O2S/c1-26-19-10-5-4-9-18(19)24(14-6-13-22)21(25)15-27-20-12-11-16-7-2-3-8-17(16)23-20/h2-5,7-12H,6,14-15H2,1H3. The summed E-state index contributed by atoms with van der Waals surface area (Å²) in [5, 5.41) is 10.8. The summed E-state index contributed by atoms with van der Waals surface area (Å²) in [5.74, 6) is 0.752. The maximum atomic E-state index is 12.9. The lowest BCUT2D eigenvalue weighted by Gasteiger charge is -2.23. The molecule has 0 radical (unpaired) electrons. The number of rotatable bonds is 7. The van der Waals surface area contributed by atoms with Crippen LogP contribution in [0.1, 0.15) is 6.42 Å². The zero-order valence-corrected chi connectivity index (χ0v) is 15.8. The van der Waals surface area contributed by atoms with Gasteiger partial charge in [-0.1, -0.05) is 48.2 Å². The number of aromatic nitrogens is 1. The van der Waals surface area contributed by atoms with Gasteiger partial charge in [-0.05, 0) is 24.3 Å². The largest absolute Gasteiger partial charge is 0.495 e. The van der Waals surface area contributed by atoms with E-state index in [0.717, 1.165) is 15.9 Å². The number of hydrogen-bond acceptors (Lipinski definition) is 5. The Kier molecular flexibility index (Phi) is 6.29. The van der Waals surface area contributed by atoms with Crippen molar-refractivity contribution in [1.29, 1.82) is 5.26 Å². The van der Waals surface area contributed by atoms with Crippen molar-refractivity contribution in [2.24, 2.45) is 0 Å². The minimum Gasteiger partial charge on any atom is -0.495 e. The first-order chi connectivity index (χ1) is 13.2. The normalized spacial score (nSPS) is 10.4. The minimum atomic E-state index is -0.0882. The van der Waals surface area contributed by atoms with E-state index in [9.17, 15) is 4.79 Å². The Morgan fingerprint density at radius 3 is 2.74 bits per heavy atom. The van der Waals surface area contributed by atoms with Gasteiger partial charge < -0.3 is 9.64 Å². The maximum Gasteiger partial charge on any atom is 0.237 e.